The molecule has 0 spiro atoms. The summed E-state index contributed by atoms with van der Waals surface area (Å²) in [6, 6.07) is 8.52. The normalized spacial score (nSPS) is 21.0. The van der Waals surface area contributed by atoms with Crippen molar-refractivity contribution in [2.45, 2.75) is 94.6 Å². The minimum atomic E-state index is -0.829. The maximum Gasteiger partial charge on any atom is 0.106 e. The summed E-state index contributed by atoms with van der Waals surface area (Å²) in [7, 11) is 0. The molecule has 2 heteroatoms. The van der Waals surface area contributed by atoms with Gasteiger partial charge in [-0.2, -0.15) is 0 Å². The number of aliphatic hydroxyl groups excluding tert-OH is 2. The lowest BCUT2D eigenvalue weighted by molar-refractivity contribution is -0.103. The Morgan fingerprint density at radius 2 is 1.27 bits per heavy atom. The van der Waals surface area contributed by atoms with Crippen LogP contribution < -0.4 is 0 Å². The highest BCUT2D eigenvalue weighted by molar-refractivity contribution is 5.76. The van der Waals surface area contributed by atoms with Gasteiger partial charge in [0.2, 0.25) is 0 Å². The Balaban J connectivity index is 2.94. The van der Waals surface area contributed by atoms with Gasteiger partial charge in [0.25, 0.3) is 0 Å². The minimum Gasteiger partial charge on any atom is -0.511 e. The van der Waals surface area contributed by atoms with Crippen LogP contribution in [0, 0.1) is 21.7 Å². The number of allylic oxidation sites excluding steroid dienone is 2. The molecule has 1 aromatic carbocycles. The molecule has 168 valence electrons. The SMILES string of the molecule is CC(C)(C)C1=C(O)C(C(C)(C)C)(C(C)(C)C)C(O)C(c2cccc(C(C)(C)C)c2)=C1. The Bertz CT molecular complexity index is 842. The molecule has 1 aromatic rings. The second kappa shape index (κ2) is 7.26. The van der Waals surface area contributed by atoms with E-state index in [2.05, 4.69) is 107 Å². The number of aliphatic hydroxyl groups is 2. The van der Waals surface area contributed by atoms with Crippen molar-refractivity contribution in [1.82, 2.24) is 0 Å². The van der Waals surface area contributed by atoms with Gasteiger partial charge in [0.05, 0.1) is 11.5 Å². The van der Waals surface area contributed by atoms with Gasteiger partial charge in [0, 0.05) is 0 Å². The van der Waals surface area contributed by atoms with E-state index in [0.29, 0.717) is 5.76 Å². The molecule has 0 saturated carbocycles. The lowest BCUT2D eigenvalue weighted by atomic mass is 9.47. The van der Waals surface area contributed by atoms with Gasteiger partial charge in [0.1, 0.15) is 5.76 Å². The van der Waals surface area contributed by atoms with Crippen molar-refractivity contribution >= 4 is 5.57 Å². The van der Waals surface area contributed by atoms with E-state index in [4.69, 9.17) is 0 Å². The van der Waals surface area contributed by atoms with Crippen LogP contribution in [0.2, 0.25) is 0 Å². The monoisotopic (exact) mass is 412 g/mol. The molecule has 0 fully saturated rings. The average molecular weight is 413 g/mol. The topological polar surface area (TPSA) is 40.5 Å². The third-order valence-electron chi connectivity index (χ3n) is 6.87. The molecule has 1 aliphatic carbocycles. The molecule has 0 aliphatic heterocycles. The molecule has 0 bridgehead atoms. The molecular weight excluding hydrogens is 368 g/mol. The second-order valence-electron chi connectivity index (χ2n) is 13.2. The van der Waals surface area contributed by atoms with Gasteiger partial charge in [0.15, 0.2) is 0 Å². The van der Waals surface area contributed by atoms with Crippen LogP contribution in [-0.2, 0) is 5.41 Å². The lowest BCUT2D eigenvalue weighted by Crippen LogP contribution is -2.57. The van der Waals surface area contributed by atoms with Crippen LogP contribution in [0.5, 0.6) is 0 Å². The first-order chi connectivity index (χ1) is 13.3. The largest absolute Gasteiger partial charge is 0.511 e. The molecule has 2 nitrogen and oxygen atoms in total. The summed E-state index contributed by atoms with van der Waals surface area (Å²) in [4.78, 5) is 0. The Hall–Kier alpha value is -1.54. The maximum absolute atomic E-state index is 12.0. The molecule has 0 saturated heterocycles. The lowest BCUT2D eigenvalue weighted by Gasteiger charge is -2.58. The van der Waals surface area contributed by atoms with Crippen LogP contribution in [-0.4, -0.2) is 16.3 Å². The van der Waals surface area contributed by atoms with E-state index in [1.54, 1.807) is 0 Å². The van der Waals surface area contributed by atoms with Crippen LogP contribution in [0.25, 0.3) is 5.57 Å². The summed E-state index contributed by atoms with van der Waals surface area (Å²) in [6.07, 6.45) is 1.22. The van der Waals surface area contributed by atoms with E-state index in [-0.39, 0.29) is 21.7 Å². The zero-order chi connectivity index (χ0) is 23.5. The Kier molecular flexibility index (Phi) is 5.98. The molecule has 1 aliphatic rings. The quantitative estimate of drug-likeness (QED) is 0.496. The zero-order valence-corrected chi connectivity index (χ0v) is 21.4. The standard InChI is InChI=1S/C28H44O2/c1-24(2,3)19-15-13-14-18(16-19)20-17-21(25(4,5)6)23(30)28(22(20)29,26(7,8)9)27(10,11)12/h13-17,22,29-30H,1-12H3. The second-order valence-corrected chi connectivity index (χ2v) is 13.2. The van der Waals surface area contributed by atoms with E-state index < -0.39 is 11.5 Å². The Morgan fingerprint density at radius 1 is 0.767 bits per heavy atom. The number of benzene rings is 1. The van der Waals surface area contributed by atoms with Crippen molar-refractivity contribution in [3.8, 4) is 0 Å². The molecule has 0 radical (unpaired) electrons. The minimum absolute atomic E-state index is 0.0200. The molecular formula is C28H44O2. The first-order valence-electron chi connectivity index (χ1n) is 11.2. The van der Waals surface area contributed by atoms with Gasteiger partial charge in [-0.25, -0.2) is 0 Å². The highest BCUT2D eigenvalue weighted by Crippen LogP contribution is 2.63. The van der Waals surface area contributed by atoms with E-state index >= 15 is 0 Å². The van der Waals surface area contributed by atoms with Crippen molar-refractivity contribution < 1.29 is 10.2 Å². The number of hydrogen-bond donors (Lipinski definition) is 2. The van der Waals surface area contributed by atoms with Gasteiger partial charge >= 0.3 is 0 Å². The Labute approximate surface area is 185 Å². The highest BCUT2D eigenvalue weighted by Gasteiger charge is 2.61. The summed E-state index contributed by atoms with van der Waals surface area (Å²) in [5.74, 6) is 0.332. The van der Waals surface area contributed by atoms with Crippen molar-refractivity contribution in [1.29, 1.82) is 0 Å². The van der Waals surface area contributed by atoms with Gasteiger partial charge in [-0.05, 0) is 50.0 Å². The van der Waals surface area contributed by atoms with Crippen molar-refractivity contribution in [2.24, 2.45) is 21.7 Å². The molecule has 30 heavy (non-hydrogen) atoms. The van der Waals surface area contributed by atoms with E-state index in [9.17, 15) is 10.2 Å². The maximum atomic E-state index is 12.0. The van der Waals surface area contributed by atoms with Gasteiger partial charge in [-0.1, -0.05) is 107 Å². The first-order valence-corrected chi connectivity index (χ1v) is 11.2. The van der Waals surface area contributed by atoms with Crippen LogP contribution in [0.15, 0.2) is 41.7 Å². The molecule has 0 heterocycles. The summed E-state index contributed by atoms with van der Waals surface area (Å²) in [5.41, 5.74) is 2.28. The Morgan fingerprint density at radius 3 is 1.67 bits per heavy atom. The molecule has 1 unspecified atom stereocenters. The van der Waals surface area contributed by atoms with E-state index in [1.165, 1.54) is 5.56 Å². The van der Waals surface area contributed by atoms with E-state index in [1.807, 2.05) is 6.08 Å². The van der Waals surface area contributed by atoms with Crippen molar-refractivity contribution in [2.75, 3.05) is 0 Å². The zero-order valence-electron chi connectivity index (χ0n) is 21.4. The summed E-state index contributed by atoms with van der Waals surface area (Å²) < 4.78 is 0. The predicted octanol–water partition coefficient (Wildman–Crippen LogP) is 7.68. The fourth-order valence-corrected chi connectivity index (χ4v) is 5.51. The van der Waals surface area contributed by atoms with Gasteiger partial charge in [-0.15, -0.1) is 0 Å². The molecule has 1 atom stereocenters. The predicted molar refractivity (Wildman–Crippen MR) is 130 cm³/mol. The van der Waals surface area contributed by atoms with Gasteiger partial charge < -0.3 is 10.2 Å². The average Bonchev–Trinajstić information content (AvgIpc) is 2.50. The van der Waals surface area contributed by atoms with Crippen molar-refractivity contribution in [3.05, 3.63) is 52.8 Å². The first kappa shape index (κ1) is 24.7. The smallest absolute Gasteiger partial charge is 0.106 e. The van der Waals surface area contributed by atoms with Crippen molar-refractivity contribution in [3.63, 3.8) is 0 Å². The third kappa shape index (κ3) is 3.88. The molecule has 2 N–H and O–H groups in total. The fourth-order valence-electron chi connectivity index (χ4n) is 5.51. The molecule has 2 rings (SSSR count). The number of rotatable bonds is 1. The summed E-state index contributed by atoms with van der Waals surface area (Å²) in [6.45, 7) is 25.8. The summed E-state index contributed by atoms with van der Waals surface area (Å²) in [5, 5.41) is 23.8. The fraction of sp³-hybridized carbons (Fsp3) is 0.643. The summed E-state index contributed by atoms with van der Waals surface area (Å²) >= 11 is 0. The third-order valence-corrected chi connectivity index (χ3v) is 6.87. The van der Waals surface area contributed by atoms with Crippen LogP contribution in [0.1, 0.15) is 94.2 Å². The van der Waals surface area contributed by atoms with Crippen LogP contribution >= 0.6 is 0 Å². The molecule has 0 amide bonds. The number of hydrogen-bond acceptors (Lipinski definition) is 2. The van der Waals surface area contributed by atoms with E-state index in [0.717, 1.165) is 16.7 Å². The molecule has 0 aromatic heterocycles. The van der Waals surface area contributed by atoms with Crippen LogP contribution in [0.4, 0.5) is 0 Å². The highest BCUT2D eigenvalue weighted by atomic mass is 16.3. The van der Waals surface area contributed by atoms with Gasteiger partial charge in [-0.3, -0.25) is 0 Å². The van der Waals surface area contributed by atoms with Crippen LogP contribution in [0.3, 0.4) is 0 Å².